The quantitative estimate of drug-likeness (QED) is 0.315. The molecule has 0 bridgehead atoms. The van der Waals surface area contributed by atoms with Crippen molar-refractivity contribution in [2.75, 3.05) is 11.6 Å². The Hall–Kier alpha value is -3.79. The summed E-state index contributed by atoms with van der Waals surface area (Å²) in [5, 5.41) is 3.31. The molecule has 4 rings (SSSR count). The number of aromatic amines is 2. The van der Waals surface area contributed by atoms with Gasteiger partial charge in [0.05, 0.1) is 17.2 Å². The molecule has 1 unspecified atom stereocenters. The maximum absolute atomic E-state index is 12.8. The van der Waals surface area contributed by atoms with Crippen LogP contribution in [0.25, 0.3) is 16.7 Å². The molecule has 0 aliphatic heterocycles. The molecule has 0 saturated heterocycles. The van der Waals surface area contributed by atoms with Gasteiger partial charge in [0.25, 0.3) is 5.91 Å². The first kappa shape index (κ1) is 20.5. The van der Waals surface area contributed by atoms with Crippen molar-refractivity contribution < 1.29 is 14.3 Å². The number of amides is 1. The Labute approximate surface area is 180 Å². The van der Waals surface area contributed by atoms with E-state index in [2.05, 4.69) is 20.3 Å². The lowest BCUT2D eigenvalue weighted by molar-refractivity contribution is -0.123. The molecule has 9 nitrogen and oxygen atoms in total. The van der Waals surface area contributed by atoms with Gasteiger partial charge in [0.2, 0.25) is 0 Å². The molecular weight excluding hydrogens is 418 g/mol. The minimum absolute atomic E-state index is 0.224. The minimum atomic E-state index is -1.05. The zero-order valence-corrected chi connectivity index (χ0v) is 17.5. The lowest BCUT2D eigenvalue weighted by atomic mass is 10.2. The molecule has 1 atom stereocenters. The summed E-state index contributed by atoms with van der Waals surface area (Å²) in [5.74, 6) is -1.16. The summed E-state index contributed by atoms with van der Waals surface area (Å²) in [6.45, 7) is 1.49. The van der Waals surface area contributed by atoms with Crippen LogP contribution in [-0.4, -0.2) is 43.8 Å². The van der Waals surface area contributed by atoms with E-state index < -0.39 is 18.0 Å². The van der Waals surface area contributed by atoms with E-state index in [1.165, 1.54) is 24.9 Å². The van der Waals surface area contributed by atoms with Gasteiger partial charge >= 0.3 is 11.7 Å². The molecule has 0 spiro atoms. The molecule has 0 fully saturated rings. The van der Waals surface area contributed by atoms with E-state index in [4.69, 9.17) is 4.74 Å². The van der Waals surface area contributed by atoms with Crippen molar-refractivity contribution in [3.05, 3.63) is 70.9 Å². The van der Waals surface area contributed by atoms with Crippen molar-refractivity contribution in [2.24, 2.45) is 0 Å². The molecule has 158 valence electrons. The summed E-state index contributed by atoms with van der Waals surface area (Å²) in [6, 6.07) is 14.2. The average molecular weight is 437 g/mol. The second-order valence-corrected chi connectivity index (χ2v) is 7.45. The number of hydrogen-bond donors (Lipinski definition) is 3. The van der Waals surface area contributed by atoms with Crippen molar-refractivity contribution in [1.29, 1.82) is 0 Å². The summed E-state index contributed by atoms with van der Waals surface area (Å²) >= 11 is 1.40. The monoisotopic (exact) mass is 437 g/mol. The number of ether oxygens (including phenoxy) is 1. The second kappa shape index (κ2) is 8.52. The van der Waals surface area contributed by atoms with Gasteiger partial charge in [-0.05, 0) is 43.5 Å². The largest absolute Gasteiger partial charge is 0.448 e. The van der Waals surface area contributed by atoms with Crippen molar-refractivity contribution >= 4 is 40.4 Å². The third kappa shape index (κ3) is 4.24. The fourth-order valence-electron chi connectivity index (χ4n) is 3.08. The van der Waals surface area contributed by atoms with Crippen LogP contribution in [0.3, 0.4) is 0 Å². The number of hydrogen-bond acceptors (Lipinski definition) is 6. The van der Waals surface area contributed by atoms with Crippen LogP contribution in [0, 0.1) is 0 Å². The number of aromatic nitrogens is 4. The fourth-order valence-corrected chi connectivity index (χ4v) is 3.62. The van der Waals surface area contributed by atoms with Crippen LogP contribution in [0.2, 0.25) is 0 Å². The van der Waals surface area contributed by atoms with Crippen LogP contribution in [0.15, 0.2) is 64.7 Å². The number of rotatable bonds is 6. The molecule has 0 saturated carbocycles. The number of H-pyrrole nitrogens is 2. The number of carbonyl (C=O) groups is 2. The van der Waals surface area contributed by atoms with Gasteiger partial charge < -0.3 is 20.0 Å². The number of esters is 1. The maximum atomic E-state index is 12.8. The first-order valence-electron chi connectivity index (χ1n) is 9.37. The Morgan fingerprint density at radius 2 is 1.87 bits per heavy atom. The predicted molar refractivity (Wildman–Crippen MR) is 118 cm³/mol. The van der Waals surface area contributed by atoms with Crippen LogP contribution < -0.4 is 11.0 Å². The highest BCUT2D eigenvalue weighted by molar-refractivity contribution is 7.98. The van der Waals surface area contributed by atoms with Gasteiger partial charge in [-0.15, -0.1) is 0 Å². The molecule has 4 aromatic rings. The number of anilines is 1. The molecule has 2 aromatic carbocycles. The molecule has 31 heavy (non-hydrogen) atoms. The number of nitrogens with zero attached hydrogens (tertiary/aromatic N) is 2. The van der Waals surface area contributed by atoms with Gasteiger partial charge in [-0.3, -0.25) is 9.36 Å². The lowest BCUT2D eigenvalue weighted by Gasteiger charge is -2.15. The van der Waals surface area contributed by atoms with E-state index in [0.29, 0.717) is 21.9 Å². The zero-order valence-electron chi connectivity index (χ0n) is 16.7. The molecule has 3 N–H and O–H groups in total. The summed E-state index contributed by atoms with van der Waals surface area (Å²) in [5.41, 5.74) is 2.31. The normalized spacial score (nSPS) is 11.9. The van der Waals surface area contributed by atoms with Crippen LogP contribution in [-0.2, 0) is 9.53 Å². The first-order chi connectivity index (χ1) is 15.0. The number of imidazole rings is 2. The second-order valence-electron chi connectivity index (χ2n) is 6.68. The van der Waals surface area contributed by atoms with Crippen LogP contribution in [0.1, 0.15) is 17.4 Å². The summed E-state index contributed by atoms with van der Waals surface area (Å²) in [6.07, 6.45) is 2.24. The SMILES string of the molecule is CSc1ncc(C(=O)OC(C)C(=O)Nc2ccc3[nH]c(=O)[nH]c3c2)n1-c1ccccc1. The van der Waals surface area contributed by atoms with Crippen molar-refractivity contribution in [2.45, 2.75) is 18.2 Å². The molecule has 0 aliphatic rings. The number of para-hydroxylation sites is 1. The Bertz CT molecular complexity index is 1310. The first-order valence-corrected chi connectivity index (χ1v) is 10.6. The van der Waals surface area contributed by atoms with Crippen LogP contribution in [0.4, 0.5) is 5.69 Å². The van der Waals surface area contributed by atoms with E-state index in [9.17, 15) is 14.4 Å². The van der Waals surface area contributed by atoms with Gasteiger partial charge in [-0.1, -0.05) is 30.0 Å². The molecule has 0 aliphatic carbocycles. The number of carbonyl (C=O) groups excluding carboxylic acids is 2. The molecule has 2 aromatic heterocycles. The van der Waals surface area contributed by atoms with E-state index in [0.717, 1.165) is 5.69 Å². The van der Waals surface area contributed by atoms with Gasteiger partial charge in [-0.25, -0.2) is 14.6 Å². The van der Waals surface area contributed by atoms with E-state index in [1.54, 1.807) is 22.8 Å². The summed E-state index contributed by atoms with van der Waals surface area (Å²) in [4.78, 5) is 46.2. The van der Waals surface area contributed by atoms with Gasteiger partial charge in [0.1, 0.15) is 0 Å². The van der Waals surface area contributed by atoms with Gasteiger partial charge in [-0.2, -0.15) is 0 Å². The van der Waals surface area contributed by atoms with Crippen molar-refractivity contribution in [1.82, 2.24) is 19.5 Å². The van der Waals surface area contributed by atoms with Crippen LogP contribution >= 0.6 is 11.8 Å². The molecular formula is C21H19N5O4S. The van der Waals surface area contributed by atoms with Crippen molar-refractivity contribution in [3.8, 4) is 5.69 Å². The van der Waals surface area contributed by atoms with Gasteiger partial charge in [0.15, 0.2) is 17.0 Å². The molecule has 2 heterocycles. The third-order valence-electron chi connectivity index (χ3n) is 4.57. The minimum Gasteiger partial charge on any atom is -0.448 e. The van der Waals surface area contributed by atoms with E-state index >= 15 is 0 Å². The molecule has 1 amide bonds. The Balaban J connectivity index is 1.50. The van der Waals surface area contributed by atoms with E-state index in [-0.39, 0.29) is 11.4 Å². The standard InChI is InChI=1S/C21H19N5O4S/c1-12(18(27)23-13-8-9-15-16(10-13)25-20(29)24-15)30-19(28)17-11-22-21(31-2)26(17)14-6-4-3-5-7-14/h3-12H,1-2H3,(H,23,27)(H2,24,25,29). The Morgan fingerprint density at radius 3 is 2.61 bits per heavy atom. The maximum Gasteiger partial charge on any atom is 0.357 e. The van der Waals surface area contributed by atoms with Crippen LogP contribution in [0.5, 0.6) is 0 Å². The topological polar surface area (TPSA) is 122 Å². The average Bonchev–Trinajstić information content (AvgIpc) is 3.36. The molecule has 10 heteroatoms. The molecule has 0 radical (unpaired) electrons. The predicted octanol–water partition coefficient (Wildman–Crippen LogP) is 2.95. The number of fused-ring (bicyclic) bond motifs is 1. The lowest BCUT2D eigenvalue weighted by Crippen LogP contribution is -2.30. The highest BCUT2D eigenvalue weighted by Gasteiger charge is 2.24. The number of benzene rings is 2. The summed E-state index contributed by atoms with van der Waals surface area (Å²) < 4.78 is 7.09. The Kier molecular flexibility index (Phi) is 5.63. The fraction of sp³-hybridized carbons (Fsp3) is 0.143. The summed E-state index contributed by atoms with van der Waals surface area (Å²) in [7, 11) is 0. The highest BCUT2D eigenvalue weighted by atomic mass is 32.2. The number of nitrogens with one attached hydrogen (secondary N) is 3. The third-order valence-corrected chi connectivity index (χ3v) is 5.23. The van der Waals surface area contributed by atoms with E-state index in [1.807, 2.05) is 36.6 Å². The van der Waals surface area contributed by atoms with Crippen molar-refractivity contribution in [3.63, 3.8) is 0 Å². The smallest absolute Gasteiger partial charge is 0.357 e. The Morgan fingerprint density at radius 1 is 1.13 bits per heavy atom. The number of thioether (sulfide) groups is 1. The highest BCUT2D eigenvalue weighted by Crippen LogP contribution is 2.22. The van der Waals surface area contributed by atoms with Gasteiger partial charge in [0, 0.05) is 11.4 Å². The zero-order chi connectivity index (χ0) is 22.0.